The molecule has 0 aliphatic heterocycles. The molecule has 0 spiro atoms. The smallest absolute Gasteiger partial charge is 0.224 e. The second-order valence-corrected chi connectivity index (χ2v) is 6.40. The number of fused-ring (bicyclic) bond motifs is 2. The number of anilines is 1. The maximum atomic E-state index is 12.4. The van der Waals surface area contributed by atoms with Crippen LogP contribution in [0.15, 0.2) is 31.0 Å². The quantitative estimate of drug-likeness (QED) is 0.940. The molecule has 2 aromatic heterocycles. The number of hydrogen-bond acceptors (Lipinski definition) is 4. The molecule has 6 heteroatoms. The highest BCUT2D eigenvalue weighted by atomic mass is 16.1. The summed E-state index contributed by atoms with van der Waals surface area (Å²) in [6, 6.07) is 3.66. The fourth-order valence-electron chi connectivity index (χ4n) is 4.06. The van der Waals surface area contributed by atoms with Crippen LogP contribution in [0.1, 0.15) is 32.1 Å². The van der Waals surface area contributed by atoms with Gasteiger partial charge in [0.25, 0.3) is 0 Å². The Morgan fingerprint density at radius 2 is 2.32 bits per heavy atom. The van der Waals surface area contributed by atoms with Crippen LogP contribution in [0.4, 0.5) is 5.69 Å². The van der Waals surface area contributed by atoms with Gasteiger partial charge in [-0.05, 0) is 49.1 Å². The van der Waals surface area contributed by atoms with Crippen LogP contribution < -0.4 is 5.32 Å². The second kappa shape index (κ2) is 5.51. The van der Waals surface area contributed by atoms with Crippen molar-refractivity contribution in [1.29, 1.82) is 0 Å². The molecule has 0 radical (unpaired) electrons. The first-order valence-corrected chi connectivity index (χ1v) is 7.89. The number of nitrogens with zero attached hydrogens (tertiary/aromatic N) is 4. The first kappa shape index (κ1) is 13.4. The first-order chi connectivity index (χ1) is 10.8. The van der Waals surface area contributed by atoms with E-state index in [2.05, 4.69) is 20.4 Å². The van der Waals surface area contributed by atoms with Gasteiger partial charge in [0.15, 0.2) is 5.82 Å². The molecule has 2 bridgehead atoms. The number of aromatic nitrogens is 4. The lowest BCUT2D eigenvalue weighted by Gasteiger charge is -2.21. The minimum absolute atomic E-state index is 0.0758. The van der Waals surface area contributed by atoms with Gasteiger partial charge in [0.1, 0.15) is 12.7 Å². The number of rotatable bonds is 4. The summed E-state index contributed by atoms with van der Waals surface area (Å²) in [5.41, 5.74) is 0.682. The summed E-state index contributed by atoms with van der Waals surface area (Å²) in [6.07, 6.45) is 10.6. The van der Waals surface area contributed by atoms with Crippen molar-refractivity contribution < 1.29 is 4.79 Å². The van der Waals surface area contributed by atoms with Crippen molar-refractivity contribution >= 4 is 11.6 Å². The summed E-state index contributed by atoms with van der Waals surface area (Å²) >= 11 is 0. The molecular weight excluding hydrogens is 278 g/mol. The van der Waals surface area contributed by atoms with Gasteiger partial charge < -0.3 is 5.32 Å². The van der Waals surface area contributed by atoms with Gasteiger partial charge in [-0.3, -0.25) is 4.79 Å². The Balaban J connectivity index is 1.46. The molecule has 2 aromatic rings. The van der Waals surface area contributed by atoms with Crippen molar-refractivity contribution in [3.8, 4) is 5.82 Å². The van der Waals surface area contributed by atoms with Gasteiger partial charge >= 0.3 is 0 Å². The lowest BCUT2D eigenvalue weighted by atomic mass is 9.86. The molecule has 2 fully saturated rings. The Bertz CT molecular complexity index is 669. The van der Waals surface area contributed by atoms with E-state index in [4.69, 9.17) is 0 Å². The molecule has 0 aromatic carbocycles. The molecule has 22 heavy (non-hydrogen) atoms. The van der Waals surface area contributed by atoms with E-state index in [1.54, 1.807) is 17.2 Å². The second-order valence-electron chi connectivity index (χ2n) is 6.40. The van der Waals surface area contributed by atoms with Gasteiger partial charge in [0.05, 0.1) is 5.69 Å². The maximum absolute atomic E-state index is 12.4. The summed E-state index contributed by atoms with van der Waals surface area (Å²) < 4.78 is 1.56. The molecule has 1 amide bonds. The van der Waals surface area contributed by atoms with Crippen LogP contribution in [-0.4, -0.2) is 25.7 Å². The predicted molar refractivity (Wildman–Crippen MR) is 81.3 cm³/mol. The summed E-state index contributed by atoms with van der Waals surface area (Å²) in [5, 5.41) is 7.08. The third kappa shape index (κ3) is 2.49. The molecule has 2 heterocycles. The third-order valence-corrected chi connectivity index (χ3v) is 5.03. The van der Waals surface area contributed by atoms with Gasteiger partial charge in [-0.2, -0.15) is 5.10 Å². The lowest BCUT2D eigenvalue weighted by molar-refractivity contribution is -0.117. The van der Waals surface area contributed by atoms with Crippen molar-refractivity contribution in [3.05, 3.63) is 31.0 Å². The highest BCUT2D eigenvalue weighted by molar-refractivity contribution is 5.92. The number of carbonyl (C=O) groups is 1. The first-order valence-electron chi connectivity index (χ1n) is 7.89. The van der Waals surface area contributed by atoms with E-state index in [1.807, 2.05) is 12.1 Å². The predicted octanol–water partition coefficient (Wildman–Crippen LogP) is 2.43. The fourth-order valence-corrected chi connectivity index (χ4v) is 4.06. The average Bonchev–Trinajstić information content (AvgIpc) is 3.25. The monoisotopic (exact) mass is 297 g/mol. The molecule has 4 rings (SSSR count). The zero-order valence-electron chi connectivity index (χ0n) is 12.4. The SMILES string of the molecule is O=C(C[C@H]1C[C@H]2CC[C@H]1C2)Nc1cccnc1-n1cncn1. The minimum Gasteiger partial charge on any atom is -0.323 e. The van der Waals surface area contributed by atoms with Crippen molar-refractivity contribution in [2.45, 2.75) is 32.1 Å². The maximum Gasteiger partial charge on any atom is 0.224 e. The normalized spacial score (nSPS) is 26.3. The molecule has 0 unspecified atom stereocenters. The van der Waals surface area contributed by atoms with E-state index >= 15 is 0 Å². The molecule has 1 N–H and O–H groups in total. The summed E-state index contributed by atoms with van der Waals surface area (Å²) in [5.74, 6) is 2.87. The number of carbonyl (C=O) groups excluding carboxylic acids is 1. The zero-order valence-corrected chi connectivity index (χ0v) is 12.4. The standard InChI is InChI=1S/C16H19N5O/c22-15(8-13-7-11-3-4-12(13)6-11)20-14-2-1-5-18-16(14)21-10-17-9-19-21/h1-2,5,9-13H,3-4,6-8H2,(H,20,22)/t11-,12-,13+/m0/s1. The Labute approximate surface area is 129 Å². The minimum atomic E-state index is 0.0758. The fraction of sp³-hybridized carbons (Fsp3) is 0.500. The molecular formula is C16H19N5O. The Kier molecular flexibility index (Phi) is 3.36. The Morgan fingerprint density at radius 3 is 3.05 bits per heavy atom. The highest BCUT2D eigenvalue weighted by Crippen LogP contribution is 2.49. The summed E-state index contributed by atoms with van der Waals surface area (Å²) in [7, 11) is 0. The van der Waals surface area contributed by atoms with Crippen LogP contribution in [0.25, 0.3) is 5.82 Å². The summed E-state index contributed by atoms with van der Waals surface area (Å²) in [6.45, 7) is 0. The van der Waals surface area contributed by atoms with Crippen LogP contribution >= 0.6 is 0 Å². The molecule has 2 aliphatic rings. The Hall–Kier alpha value is -2.24. The average molecular weight is 297 g/mol. The molecule has 3 atom stereocenters. The molecule has 6 nitrogen and oxygen atoms in total. The van der Waals surface area contributed by atoms with Crippen LogP contribution in [0.2, 0.25) is 0 Å². The van der Waals surface area contributed by atoms with E-state index in [0.29, 0.717) is 23.8 Å². The third-order valence-electron chi connectivity index (χ3n) is 5.03. The molecule has 2 aliphatic carbocycles. The topological polar surface area (TPSA) is 72.7 Å². The number of nitrogens with one attached hydrogen (secondary N) is 1. The van der Waals surface area contributed by atoms with E-state index < -0.39 is 0 Å². The van der Waals surface area contributed by atoms with Gasteiger partial charge in [-0.25, -0.2) is 14.6 Å². The van der Waals surface area contributed by atoms with Gasteiger partial charge in [-0.15, -0.1) is 0 Å². The van der Waals surface area contributed by atoms with Crippen LogP contribution in [-0.2, 0) is 4.79 Å². The van der Waals surface area contributed by atoms with E-state index in [0.717, 1.165) is 11.8 Å². The number of pyridine rings is 1. The van der Waals surface area contributed by atoms with Gasteiger partial charge in [0.2, 0.25) is 5.91 Å². The van der Waals surface area contributed by atoms with E-state index in [-0.39, 0.29) is 5.91 Å². The van der Waals surface area contributed by atoms with E-state index in [9.17, 15) is 4.79 Å². The van der Waals surface area contributed by atoms with Crippen molar-refractivity contribution in [1.82, 2.24) is 19.7 Å². The van der Waals surface area contributed by atoms with Crippen molar-refractivity contribution in [3.63, 3.8) is 0 Å². The van der Waals surface area contributed by atoms with Crippen molar-refractivity contribution in [2.75, 3.05) is 5.32 Å². The van der Waals surface area contributed by atoms with Gasteiger partial charge in [-0.1, -0.05) is 6.42 Å². The zero-order chi connectivity index (χ0) is 14.9. The van der Waals surface area contributed by atoms with E-state index in [1.165, 1.54) is 32.0 Å². The lowest BCUT2D eigenvalue weighted by Crippen LogP contribution is -2.21. The van der Waals surface area contributed by atoms with Crippen LogP contribution in [0.5, 0.6) is 0 Å². The van der Waals surface area contributed by atoms with Crippen LogP contribution in [0.3, 0.4) is 0 Å². The van der Waals surface area contributed by atoms with Crippen molar-refractivity contribution in [2.24, 2.45) is 17.8 Å². The molecule has 2 saturated carbocycles. The highest BCUT2D eigenvalue weighted by Gasteiger charge is 2.40. The Morgan fingerprint density at radius 1 is 1.36 bits per heavy atom. The largest absolute Gasteiger partial charge is 0.323 e. The summed E-state index contributed by atoms with van der Waals surface area (Å²) in [4.78, 5) is 20.6. The number of hydrogen-bond donors (Lipinski definition) is 1. The van der Waals surface area contributed by atoms with Gasteiger partial charge in [0, 0.05) is 12.6 Å². The van der Waals surface area contributed by atoms with Crippen LogP contribution in [0, 0.1) is 17.8 Å². The molecule has 0 saturated heterocycles. The molecule has 114 valence electrons. The number of amides is 1.